The summed E-state index contributed by atoms with van der Waals surface area (Å²) >= 11 is 0. The summed E-state index contributed by atoms with van der Waals surface area (Å²) in [5.41, 5.74) is 1.66. The van der Waals surface area contributed by atoms with Crippen molar-refractivity contribution in [3.05, 3.63) is 59.7 Å². The molecule has 1 fully saturated rings. The molecule has 0 aromatic heterocycles. The molecule has 2 amide bonds. The average molecular weight is 398 g/mol. The fourth-order valence-electron chi connectivity index (χ4n) is 3.47. The van der Waals surface area contributed by atoms with Crippen LogP contribution >= 0.6 is 0 Å². The Labute approximate surface area is 170 Å². The van der Waals surface area contributed by atoms with Crippen LogP contribution in [0.5, 0.6) is 11.5 Å². The molecule has 7 heteroatoms. The van der Waals surface area contributed by atoms with E-state index < -0.39 is 12.1 Å². The summed E-state index contributed by atoms with van der Waals surface area (Å²) in [5, 5.41) is 0. The van der Waals surface area contributed by atoms with Crippen LogP contribution in [0.2, 0.25) is 0 Å². The van der Waals surface area contributed by atoms with E-state index >= 15 is 0 Å². The van der Waals surface area contributed by atoms with E-state index in [2.05, 4.69) is 0 Å². The highest BCUT2D eigenvalue weighted by Gasteiger charge is 2.42. The van der Waals surface area contributed by atoms with E-state index in [-0.39, 0.29) is 25.0 Å². The summed E-state index contributed by atoms with van der Waals surface area (Å²) in [6, 6.07) is 14.4. The average Bonchev–Trinajstić information content (AvgIpc) is 2.75. The van der Waals surface area contributed by atoms with E-state index in [1.54, 1.807) is 39.3 Å². The zero-order valence-corrected chi connectivity index (χ0v) is 17.1. The standard InChI is InChI=1S/C22H26N2O5/c1-23(2)22(26)21-20(15-8-6-5-7-9-15)24(19(25)14-29-21)13-16-10-11-17(27-3)12-18(16)28-4/h5-12,20-21H,13-14H2,1-4H3/t20-,21+/m0/s1. The van der Waals surface area contributed by atoms with Crippen molar-refractivity contribution in [3.8, 4) is 11.5 Å². The summed E-state index contributed by atoms with van der Waals surface area (Å²) in [6.45, 7) is 0.137. The van der Waals surface area contributed by atoms with Gasteiger partial charge < -0.3 is 24.0 Å². The SMILES string of the molecule is COc1ccc(CN2C(=O)CO[C@@H](C(=O)N(C)C)[C@@H]2c2ccccc2)c(OC)c1. The van der Waals surface area contributed by atoms with E-state index in [9.17, 15) is 9.59 Å². The number of amides is 2. The van der Waals surface area contributed by atoms with Crippen molar-refractivity contribution in [2.24, 2.45) is 0 Å². The molecule has 1 heterocycles. The Hall–Kier alpha value is -3.06. The number of carbonyl (C=O) groups excluding carboxylic acids is 2. The Bertz CT molecular complexity index is 869. The number of methoxy groups -OCH3 is 2. The molecule has 1 saturated heterocycles. The molecule has 2 atom stereocenters. The lowest BCUT2D eigenvalue weighted by molar-refractivity contribution is -0.169. The largest absolute Gasteiger partial charge is 0.497 e. The number of hydrogen-bond acceptors (Lipinski definition) is 5. The second kappa shape index (κ2) is 8.96. The first-order valence-electron chi connectivity index (χ1n) is 9.34. The minimum atomic E-state index is -0.783. The number of likely N-dealkylation sites (N-methyl/N-ethyl adjacent to an activating group) is 1. The van der Waals surface area contributed by atoms with Gasteiger partial charge >= 0.3 is 0 Å². The van der Waals surface area contributed by atoms with E-state index in [0.717, 1.165) is 11.1 Å². The quantitative estimate of drug-likeness (QED) is 0.747. The Balaban J connectivity index is 2.01. The summed E-state index contributed by atoms with van der Waals surface area (Å²) < 4.78 is 16.5. The summed E-state index contributed by atoms with van der Waals surface area (Å²) in [6.07, 6.45) is -0.783. The third kappa shape index (κ3) is 4.35. The van der Waals surface area contributed by atoms with E-state index in [4.69, 9.17) is 14.2 Å². The number of carbonyl (C=O) groups is 2. The number of rotatable bonds is 6. The molecule has 0 radical (unpaired) electrons. The van der Waals surface area contributed by atoms with Gasteiger partial charge in [-0.1, -0.05) is 30.3 Å². The zero-order valence-electron chi connectivity index (χ0n) is 17.1. The van der Waals surface area contributed by atoms with Gasteiger partial charge in [0.2, 0.25) is 5.91 Å². The van der Waals surface area contributed by atoms with Gasteiger partial charge in [0.1, 0.15) is 18.1 Å². The fraction of sp³-hybridized carbons (Fsp3) is 0.364. The second-order valence-corrected chi connectivity index (χ2v) is 7.02. The Morgan fingerprint density at radius 3 is 2.48 bits per heavy atom. The molecule has 0 unspecified atom stereocenters. The molecular weight excluding hydrogens is 372 g/mol. The predicted molar refractivity (Wildman–Crippen MR) is 108 cm³/mol. The molecule has 1 aliphatic rings. The molecule has 0 saturated carbocycles. The van der Waals surface area contributed by atoms with Gasteiger partial charge in [0.25, 0.3) is 5.91 Å². The van der Waals surface area contributed by atoms with Gasteiger partial charge in [-0.05, 0) is 17.7 Å². The van der Waals surface area contributed by atoms with Crippen molar-refractivity contribution >= 4 is 11.8 Å². The van der Waals surface area contributed by atoms with Crippen LogP contribution in [0, 0.1) is 0 Å². The van der Waals surface area contributed by atoms with Crippen LogP contribution in [-0.4, -0.2) is 62.6 Å². The van der Waals surface area contributed by atoms with Crippen molar-refractivity contribution in [2.45, 2.75) is 18.7 Å². The highest BCUT2D eigenvalue weighted by molar-refractivity contribution is 5.86. The summed E-state index contributed by atoms with van der Waals surface area (Å²) in [4.78, 5) is 28.8. The molecule has 0 bridgehead atoms. The topological polar surface area (TPSA) is 68.3 Å². The Kier molecular flexibility index (Phi) is 6.39. The van der Waals surface area contributed by atoms with Crippen LogP contribution < -0.4 is 9.47 Å². The first-order chi connectivity index (χ1) is 14.0. The van der Waals surface area contributed by atoms with Crippen molar-refractivity contribution in [3.63, 3.8) is 0 Å². The number of ether oxygens (including phenoxy) is 3. The highest BCUT2D eigenvalue weighted by Crippen LogP contribution is 2.34. The van der Waals surface area contributed by atoms with E-state index in [1.165, 1.54) is 4.90 Å². The maximum Gasteiger partial charge on any atom is 0.253 e. The third-order valence-corrected chi connectivity index (χ3v) is 4.99. The first-order valence-corrected chi connectivity index (χ1v) is 9.34. The molecule has 7 nitrogen and oxygen atoms in total. The lowest BCUT2D eigenvalue weighted by Crippen LogP contribution is -2.53. The smallest absolute Gasteiger partial charge is 0.253 e. The predicted octanol–water partition coefficient (Wildman–Crippen LogP) is 2.26. The van der Waals surface area contributed by atoms with Gasteiger partial charge in [-0.25, -0.2) is 0 Å². The van der Waals surface area contributed by atoms with Crippen molar-refractivity contribution in [1.82, 2.24) is 9.80 Å². The monoisotopic (exact) mass is 398 g/mol. The van der Waals surface area contributed by atoms with Crippen molar-refractivity contribution < 1.29 is 23.8 Å². The summed E-state index contributed by atoms with van der Waals surface area (Å²) in [5.74, 6) is 0.919. The molecule has 2 aromatic carbocycles. The molecule has 29 heavy (non-hydrogen) atoms. The minimum absolute atomic E-state index is 0.147. The number of morpholine rings is 1. The number of hydrogen-bond donors (Lipinski definition) is 0. The molecule has 1 aliphatic heterocycles. The van der Waals surface area contributed by atoms with Crippen LogP contribution in [0.1, 0.15) is 17.2 Å². The van der Waals surface area contributed by atoms with Crippen LogP contribution in [0.15, 0.2) is 48.5 Å². The molecule has 154 valence electrons. The molecular formula is C22H26N2O5. The molecule has 2 aromatic rings. The maximum absolute atomic E-state index is 12.9. The zero-order chi connectivity index (χ0) is 21.0. The molecule has 0 spiro atoms. The van der Waals surface area contributed by atoms with Crippen LogP contribution in [-0.2, 0) is 20.9 Å². The molecule has 0 N–H and O–H groups in total. The lowest BCUT2D eigenvalue weighted by atomic mass is 9.96. The summed E-state index contributed by atoms with van der Waals surface area (Å²) in [7, 11) is 6.53. The van der Waals surface area contributed by atoms with Gasteiger partial charge in [0, 0.05) is 25.7 Å². The third-order valence-electron chi connectivity index (χ3n) is 4.99. The van der Waals surface area contributed by atoms with Gasteiger partial charge in [-0.2, -0.15) is 0 Å². The van der Waals surface area contributed by atoms with Gasteiger partial charge in [0.15, 0.2) is 6.10 Å². The number of benzene rings is 2. The van der Waals surface area contributed by atoms with Gasteiger partial charge in [-0.3, -0.25) is 9.59 Å². The highest BCUT2D eigenvalue weighted by atomic mass is 16.5. The first kappa shape index (κ1) is 20.7. The van der Waals surface area contributed by atoms with Gasteiger partial charge in [-0.15, -0.1) is 0 Å². The lowest BCUT2D eigenvalue weighted by Gasteiger charge is -2.41. The second-order valence-electron chi connectivity index (χ2n) is 7.02. The van der Waals surface area contributed by atoms with Crippen LogP contribution in [0.25, 0.3) is 0 Å². The number of nitrogens with zero attached hydrogens (tertiary/aromatic N) is 2. The molecule has 3 rings (SSSR count). The normalized spacial score (nSPS) is 19.0. The van der Waals surface area contributed by atoms with Crippen molar-refractivity contribution in [2.75, 3.05) is 34.9 Å². The maximum atomic E-state index is 12.9. The minimum Gasteiger partial charge on any atom is -0.497 e. The fourth-order valence-corrected chi connectivity index (χ4v) is 3.47. The van der Waals surface area contributed by atoms with Gasteiger partial charge in [0.05, 0.1) is 26.8 Å². The van der Waals surface area contributed by atoms with E-state index in [0.29, 0.717) is 11.5 Å². The van der Waals surface area contributed by atoms with E-state index in [1.807, 2.05) is 42.5 Å². The van der Waals surface area contributed by atoms with Crippen LogP contribution in [0.3, 0.4) is 0 Å². The van der Waals surface area contributed by atoms with Crippen LogP contribution in [0.4, 0.5) is 0 Å². The Morgan fingerprint density at radius 1 is 1.14 bits per heavy atom. The van der Waals surface area contributed by atoms with Crippen molar-refractivity contribution in [1.29, 1.82) is 0 Å². The molecule has 0 aliphatic carbocycles. The Morgan fingerprint density at radius 2 is 1.86 bits per heavy atom.